The summed E-state index contributed by atoms with van der Waals surface area (Å²) in [5.74, 6) is -0.583. The molecule has 0 aliphatic heterocycles. The van der Waals surface area contributed by atoms with Crippen molar-refractivity contribution in [3.8, 4) is 0 Å². The van der Waals surface area contributed by atoms with Crippen LogP contribution in [-0.4, -0.2) is 18.4 Å². The summed E-state index contributed by atoms with van der Waals surface area (Å²) in [6.45, 7) is 1.98. The SMILES string of the molecule is CCCC(NC(=O)CNC(=O)c1ccccc1Cl)c1ccccc1. The van der Waals surface area contributed by atoms with E-state index in [1.807, 2.05) is 30.3 Å². The average Bonchev–Trinajstić information content (AvgIpc) is 2.60. The van der Waals surface area contributed by atoms with Crippen molar-refractivity contribution in [3.05, 3.63) is 70.7 Å². The van der Waals surface area contributed by atoms with Gasteiger partial charge in [0, 0.05) is 0 Å². The molecule has 2 aromatic carbocycles. The second-order valence-electron chi connectivity index (χ2n) is 5.48. The van der Waals surface area contributed by atoms with E-state index < -0.39 is 0 Å². The van der Waals surface area contributed by atoms with Gasteiger partial charge in [-0.15, -0.1) is 0 Å². The van der Waals surface area contributed by atoms with Crippen LogP contribution < -0.4 is 10.6 Å². The Morgan fingerprint density at radius 2 is 1.71 bits per heavy atom. The number of benzene rings is 2. The molecular formula is C19H21ClN2O2. The topological polar surface area (TPSA) is 58.2 Å². The molecule has 0 aromatic heterocycles. The second-order valence-corrected chi connectivity index (χ2v) is 5.89. The Morgan fingerprint density at radius 1 is 1.04 bits per heavy atom. The number of carbonyl (C=O) groups excluding carboxylic acids is 2. The monoisotopic (exact) mass is 344 g/mol. The van der Waals surface area contributed by atoms with Gasteiger partial charge in [0.25, 0.3) is 5.91 Å². The van der Waals surface area contributed by atoms with E-state index in [1.165, 1.54) is 0 Å². The van der Waals surface area contributed by atoms with Crippen LogP contribution in [0, 0.1) is 0 Å². The fourth-order valence-electron chi connectivity index (χ4n) is 2.44. The highest BCUT2D eigenvalue weighted by Gasteiger charge is 2.15. The minimum Gasteiger partial charge on any atom is -0.348 e. The van der Waals surface area contributed by atoms with Crippen molar-refractivity contribution in [2.75, 3.05) is 6.54 Å². The van der Waals surface area contributed by atoms with Crippen molar-refractivity contribution in [3.63, 3.8) is 0 Å². The number of halogens is 1. The average molecular weight is 345 g/mol. The van der Waals surface area contributed by atoms with Crippen LogP contribution in [0.4, 0.5) is 0 Å². The lowest BCUT2D eigenvalue weighted by atomic mass is 10.0. The number of hydrogen-bond acceptors (Lipinski definition) is 2. The molecule has 2 amide bonds. The van der Waals surface area contributed by atoms with Crippen molar-refractivity contribution in [2.45, 2.75) is 25.8 Å². The Kier molecular flexibility index (Phi) is 6.82. The van der Waals surface area contributed by atoms with E-state index in [0.717, 1.165) is 18.4 Å². The summed E-state index contributed by atoms with van der Waals surface area (Å²) in [5.41, 5.74) is 1.42. The normalized spacial score (nSPS) is 11.6. The van der Waals surface area contributed by atoms with Crippen LogP contribution in [0.1, 0.15) is 41.7 Å². The first-order valence-electron chi connectivity index (χ1n) is 7.99. The van der Waals surface area contributed by atoms with Crippen molar-refractivity contribution < 1.29 is 9.59 Å². The smallest absolute Gasteiger partial charge is 0.253 e. The van der Waals surface area contributed by atoms with Crippen molar-refractivity contribution >= 4 is 23.4 Å². The van der Waals surface area contributed by atoms with E-state index in [0.29, 0.717) is 10.6 Å². The van der Waals surface area contributed by atoms with Crippen LogP contribution in [0.2, 0.25) is 5.02 Å². The van der Waals surface area contributed by atoms with E-state index >= 15 is 0 Å². The van der Waals surface area contributed by atoms with E-state index in [2.05, 4.69) is 17.6 Å². The van der Waals surface area contributed by atoms with Crippen molar-refractivity contribution in [1.82, 2.24) is 10.6 Å². The van der Waals surface area contributed by atoms with Gasteiger partial charge in [0.2, 0.25) is 5.91 Å². The van der Waals surface area contributed by atoms with Gasteiger partial charge in [0.1, 0.15) is 0 Å². The Labute approximate surface area is 147 Å². The highest BCUT2D eigenvalue weighted by molar-refractivity contribution is 6.33. The summed E-state index contributed by atoms with van der Waals surface area (Å²) in [6, 6.07) is 16.5. The molecule has 0 saturated heterocycles. The molecule has 126 valence electrons. The standard InChI is InChI=1S/C19H21ClN2O2/c1-2-8-17(14-9-4-3-5-10-14)22-18(23)13-21-19(24)15-11-6-7-12-16(15)20/h3-7,9-12,17H,2,8,13H2,1H3,(H,21,24)(H,22,23). The molecule has 24 heavy (non-hydrogen) atoms. The number of amides is 2. The molecule has 2 N–H and O–H groups in total. The molecule has 2 rings (SSSR count). The molecule has 1 unspecified atom stereocenters. The number of hydrogen-bond donors (Lipinski definition) is 2. The third-order valence-electron chi connectivity index (χ3n) is 3.64. The van der Waals surface area contributed by atoms with E-state index in [9.17, 15) is 9.59 Å². The lowest BCUT2D eigenvalue weighted by Crippen LogP contribution is -2.38. The summed E-state index contributed by atoms with van der Waals surface area (Å²) >= 11 is 5.98. The van der Waals surface area contributed by atoms with Crippen molar-refractivity contribution in [1.29, 1.82) is 0 Å². The van der Waals surface area contributed by atoms with Gasteiger partial charge in [0.05, 0.1) is 23.2 Å². The van der Waals surface area contributed by atoms with Crippen LogP contribution in [0.25, 0.3) is 0 Å². The van der Waals surface area contributed by atoms with Gasteiger partial charge in [-0.2, -0.15) is 0 Å². The molecule has 0 fully saturated rings. The summed E-state index contributed by atoms with van der Waals surface area (Å²) in [6.07, 6.45) is 1.79. The lowest BCUT2D eigenvalue weighted by molar-refractivity contribution is -0.120. The number of nitrogens with one attached hydrogen (secondary N) is 2. The van der Waals surface area contributed by atoms with Gasteiger partial charge >= 0.3 is 0 Å². The maximum atomic E-state index is 12.2. The Balaban J connectivity index is 1.92. The third kappa shape index (κ3) is 5.10. The molecule has 5 heteroatoms. The largest absolute Gasteiger partial charge is 0.348 e. The molecular weight excluding hydrogens is 324 g/mol. The Bertz CT molecular complexity index is 689. The molecule has 0 saturated carbocycles. The summed E-state index contributed by atoms with van der Waals surface area (Å²) in [7, 11) is 0. The predicted octanol–water partition coefficient (Wildman–Crippen LogP) is 3.73. The molecule has 0 spiro atoms. The quantitative estimate of drug-likeness (QED) is 0.804. The molecule has 0 heterocycles. The van der Waals surface area contributed by atoms with Gasteiger partial charge < -0.3 is 10.6 Å². The number of carbonyl (C=O) groups is 2. The first-order chi connectivity index (χ1) is 11.6. The van der Waals surface area contributed by atoms with Gasteiger partial charge in [-0.05, 0) is 24.1 Å². The van der Waals surface area contributed by atoms with Gasteiger partial charge in [-0.1, -0.05) is 67.4 Å². The van der Waals surface area contributed by atoms with Crippen molar-refractivity contribution in [2.24, 2.45) is 0 Å². The molecule has 0 radical (unpaired) electrons. The highest BCUT2D eigenvalue weighted by Crippen LogP contribution is 2.18. The highest BCUT2D eigenvalue weighted by atomic mass is 35.5. The predicted molar refractivity (Wildman–Crippen MR) is 96.0 cm³/mol. The zero-order valence-electron chi connectivity index (χ0n) is 13.6. The Hall–Kier alpha value is -2.33. The first-order valence-corrected chi connectivity index (χ1v) is 8.36. The Morgan fingerprint density at radius 3 is 2.38 bits per heavy atom. The molecule has 0 aliphatic carbocycles. The summed E-state index contributed by atoms with van der Waals surface area (Å²) < 4.78 is 0. The van der Waals surface area contributed by atoms with Crippen LogP contribution in [0.15, 0.2) is 54.6 Å². The molecule has 4 nitrogen and oxygen atoms in total. The summed E-state index contributed by atoms with van der Waals surface area (Å²) in [4.78, 5) is 24.2. The van der Waals surface area contributed by atoms with E-state index in [4.69, 9.17) is 11.6 Å². The van der Waals surface area contributed by atoms with Gasteiger partial charge in [-0.25, -0.2) is 0 Å². The molecule has 2 aromatic rings. The maximum absolute atomic E-state index is 12.2. The van der Waals surface area contributed by atoms with Crippen LogP contribution in [-0.2, 0) is 4.79 Å². The summed E-state index contributed by atoms with van der Waals surface area (Å²) in [5, 5.41) is 5.94. The number of rotatable bonds is 7. The van der Waals surface area contributed by atoms with E-state index in [1.54, 1.807) is 24.3 Å². The fourth-order valence-corrected chi connectivity index (χ4v) is 2.66. The van der Waals surface area contributed by atoms with Gasteiger partial charge in [-0.3, -0.25) is 9.59 Å². The van der Waals surface area contributed by atoms with E-state index in [-0.39, 0.29) is 24.4 Å². The third-order valence-corrected chi connectivity index (χ3v) is 3.97. The first kappa shape index (κ1) is 18.0. The van der Waals surface area contributed by atoms with Crippen LogP contribution in [0.3, 0.4) is 0 Å². The maximum Gasteiger partial charge on any atom is 0.253 e. The minimum atomic E-state index is -0.359. The molecule has 1 atom stereocenters. The second kappa shape index (κ2) is 9.08. The zero-order chi connectivity index (χ0) is 17.4. The van der Waals surface area contributed by atoms with Crippen LogP contribution >= 0.6 is 11.6 Å². The fraction of sp³-hybridized carbons (Fsp3) is 0.263. The van der Waals surface area contributed by atoms with Gasteiger partial charge in [0.15, 0.2) is 0 Å². The van der Waals surface area contributed by atoms with Crippen LogP contribution in [0.5, 0.6) is 0 Å². The minimum absolute atomic E-state index is 0.0547. The molecule has 0 aliphatic rings. The molecule has 0 bridgehead atoms. The zero-order valence-corrected chi connectivity index (χ0v) is 14.3. The lowest BCUT2D eigenvalue weighted by Gasteiger charge is -2.19.